The fourth-order valence-corrected chi connectivity index (χ4v) is 3.28. The second-order valence-electron chi connectivity index (χ2n) is 5.93. The molecule has 23 heavy (non-hydrogen) atoms. The van der Waals surface area contributed by atoms with Crippen LogP contribution in [0.2, 0.25) is 5.02 Å². The molecule has 1 aromatic heterocycles. The summed E-state index contributed by atoms with van der Waals surface area (Å²) in [7, 11) is 2.08. The summed E-state index contributed by atoms with van der Waals surface area (Å²) in [6.45, 7) is 3.70. The summed E-state index contributed by atoms with van der Waals surface area (Å²) in [6.07, 6.45) is 4.33. The van der Waals surface area contributed by atoms with Gasteiger partial charge >= 0.3 is 0 Å². The maximum absolute atomic E-state index is 12.5. The molecule has 5 nitrogen and oxygen atoms in total. The number of halogens is 1. The van der Waals surface area contributed by atoms with Crippen molar-refractivity contribution in [1.82, 2.24) is 20.0 Å². The Bertz CT molecular complexity index is 682. The van der Waals surface area contributed by atoms with Crippen LogP contribution < -0.4 is 5.32 Å². The number of hydrogen-bond donors (Lipinski definition) is 1. The molecular weight excluding hydrogens is 312 g/mol. The first-order chi connectivity index (χ1) is 11.1. The van der Waals surface area contributed by atoms with E-state index in [1.165, 1.54) is 5.56 Å². The van der Waals surface area contributed by atoms with Crippen LogP contribution in [-0.4, -0.2) is 40.2 Å². The van der Waals surface area contributed by atoms with Gasteiger partial charge in [0.15, 0.2) is 0 Å². The summed E-state index contributed by atoms with van der Waals surface area (Å²) in [5.41, 5.74) is 1.78. The van der Waals surface area contributed by atoms with Gasteiger partial charge in [0.05, 0.1) is 23.8 Å². The van der Waals surface area contributed by atoms with E-state index in [1.807, 2.05) is 31.2 Å². The van der Waals surface area contributed by atoms with Crippen molar-refractivity contribution in [3.63, 3.8) is 0 Å². The van der Waals surface area contributed by atoms with Crippen molar-refractivity contribution < 1.29 is 4.79 Å². The van der Waals surface area contributed by atoms with Gasteiger partial charge in [-0.05, 0) is 38.1 Å². The number of amides is 1. The Kier molecular flexibility index (Phi) is 4.68. The third kappa shape index (κ3) is 3.41. The smallest absolute Gasteiger partial charge is 0.254 e. The zero-order chi connectivity index (χ0) is 16.4. The van der Waals surface area contributed by atoms with Crippen molar-refractivity contribution in [1.29, 1.82) is 0 Å². The standard InChI is InChI=1S/C17H21ClN4O/c1-3-22-11-13(10-19-22)17(23)20-15-8-9-21(2)16(15)12-4-6-14(18)7-5-12/h4-7,10-11,15-16H,3,8-9H2,1-2H3,(H,20,23)/t15-,16+/m1/s1. The number of carbonyl (C=O) groups excluding carboxylic acids is 1. The SMILES string of the molecule is CCn1cc(C(=O)N[C@@H]2CCN(C)[C@H]2c2ccc(Cl)cc2)cn1. The number of nitrogens with one attached hydrogen (secondary N) is 1. The molecule has 0 aliphatic carbocycles. The molecule has 0 bridgehead atoms. The summed E-state index contributed by atoms with van der Waals surface area (Å²) in [4.78, 5) is 14.7. The highest BCUT2D eigenvalue weighted by Crippen LogP contribution is 2.31. The van der Waals surface area contributed by atoms with Crippen LogP contribution in [0.25, 0.3) is 0 Å². The van der Waals surface area contributed by atoms with Crippen molar-refractivity contribution in [3.8, 4) is 0 Å². The Balaban J connectivity index is 1.75. The summed E-state index contributed by atoms with van der Waals surface area (Å²) >= 11 is 5.98. The molecule has 6 heteroatoms. The number of hydrogen-bond acceptors (Lipinski definition) is 3. The zero-order valence-corrected chi connectivity index (χ0v) is 14.1. The van der Waals surface area contributed by atoms with Crippen LogP contribution in [0.1, 0.15) is 35.3 Å². The highest BCUT2D eigenvalue weighted by atomic mass is 35.5. The molecule has 0 spiro atoms. The Labute approximate surface area is 141 Å². The number of aromatic nitrogens is 2. The molecule has 0 radical (unpaired) electrons. The predicted molar refractivity (Wildman–Crippen MR) is 90.6 cm³/mol. The first-order valence-electron chi connectivity index (χ1n) is 7.87. The van der Waals surface area contributed by atoms with Crippen LogP contribution >= 0.6 is 11.6 Å². The van der Waals surface area contributed by atoms with Crippen LogP contribution in [0, 0.1) is 0 Å². The average Bonchev–Trinajstić information content (AvgIpc) is 3.16. The number of carbonyl (C=O) groups is 1. The van der Waals surface area contributed by atoms with Crippen LogP contribution in [0.3, 0.4) is 0 Å². The van der Waals surface area contributed by atoms with Crippen molar-refractivity contribution in [2.45, 2.75) is 32.0 Å². The summed E-state index contributed by atoms with van der Waals surface area (Å²) in [5, 5.41) is 8.05. The second-order valence-corrected chi connectivity index (χ2v) is 6.37. The fourth-order valence-electron chi connectivity index (χ4n) is 3.15. The summed E-state index contributed by atoms with van der Waals surface area (Å²) in [5.74, 6) is -0.0658. The lowest BCUT2D eigenvalue weighted by atomic mass is 10.00. The van der Waals surface area contributed by atoms with Crippen molar-refractivity contribution in [2.24, 2.45) is 0 Å². The van der Waals surface area contributed by atoms with E-state index in [2.05, 4.69) is 22.4 Å². The first kappa shape index (κ1) is 16.0. The van der Waals surface area contributed by atoms with Crippen LogP contribution in [0.5, 0.6) is 0 Å². The number of rotatable bonds is 4. The summed E-state index contributed by atoms with van der Waals surface area (Å²) < 4.78 is 1.76. The fraction of sp³-hybridized carbons (Fsp3) is 0.412. The Morgan fingerprint density at radius 3 is 2.78 bits per heavy atom. The molecule has 1 amide bonds. The average molecular weight is 333 g/mol. The molecule has 1 aromatic carbocycles. The minimum absolute atomic E-state index is 0.0658. The maximum atomic E-state index is 12.5. The van der Waals surface area contributed by atoms with E-state index < -0.39 is 0 Å². The van der Waals surface area contributed by atoms with Crippen molar-refractivity contribution >= 4 is 17.5 Å². The molecule has 2 atom stereocenters. The second kappa shape index (κ2) is 6.72. The number of benzene rings is 1. The van der Waals surface area contributed by atoms with Gasteiger partial charge in [0.1, 0.15) is 0 Å². The molecule has 1 aliphatic heterocycles. The molecule has 1 aliphatic rings. The van der Waals surface area contributed by atoms with Gasteiger partial charge in [-0.2, -0.15) is 5.10 Å². The molecule has 2 heterocycles. The largest absolute Gasteiger partial charge is 0.347 e. The number of aryl methyl sites for hydroxylation is 1. The van der Waals surface area contributed by atoms with E-state index in [4.69, 9.17) is 11.6 Å². The lowest BCUT2D eigenvalue weighted by molar-refractivity contribution is 0.0927. The van der Waals surface area contributed by atoms with Gasteiger partial charge in [-0.3, -0.25) is 14.4 Å². The highest BCUT2D eigenvalue weighted by Gasteiger charge is 2.34. The van der Waals surface area contributed by atoms with E-state index in [-0.39, 0.29) is 18.0 Å². The van der Waals surface area contributed by atoms with E-state index in [9.17, 15) is 4.79 Å². The number of likely N-dealkylation sites (N-methyl/N-ethyl adjacent to an activating group) is 1. The lowest BCUT2D eigenvalue weighted by Crippen LogP contribution is -2.38. The molecule has 0 unspecified atom stereocenters. The van der Waals surface area contributed by atoms with Gasteiger partial charge in [-0.1, -0.05) is 23.7 Å². The highest BCUT2D eigenvalue weighted by molar-refractivity contribution is 6.30. The minimum Gasteiger partial charge on any atom is -0.347 e. The molecule has 1 saturated heterocycles. The Morgan fingerprint density at radius 1 is 1.39 bits per heavy atom. The van der Waals surface area contributed by atoms with Crippen LogP contribution in [0.4, 0.5) is 0 Å². The minimum atomic E-state index is -0.0658. The molecule has 3 rings (SSSR count). The number of nitrogens with zero attached hydrogens (tertiary/aromatic N) is 3. The van der Waals surface area contributed by atoms with Gasteiger partial charge in [-0.15, -0.1) is 0 Å². The Hall–Kier alpha value is -1.85. The van der Waals surface area contributed by atoms with E-state index in [0.717, 1.165) is 24.5 Å². The third-order valence-corrected chi connectivity index (χ3v) is 4.65. The lowest BCUT2D eigenvalue weighted by Gasteiger charge is -2.26. The molecule has 2 aromatic rings. The van der Waals surface area contributed by atoms with Crippen LogP contribution in [-0.2, 0) is 6.54 Å². The zero-order valence-electron chi connectivity index (χ0n) is 13.4. The molecule has 122 valence electrons. The molecule has 1 N–H and O–H groups in total. The number of likely N-dealkylation sites (tertiary alicyclic amines) is 1. The molecular formula is C17H21ClN4O. The summed E-state index contributed by atoms with van der Waals surface area (Å²) in [6, 6.07) is 8.10. The van der Waals surface area contributed by atoms with Gasteiger partial charge in [-0.25, -0.2) is 0 Å². The van der Waals surface area contributed by atoms with E-state index in [1.54, 1.807) is 17.1 Å². The van der Waals surface area contributed by atoms with Crippen molar-refractivity contribution in [2.75, 3.05) is 13.6 Å². The first-order valence-corrected chi connectivity index (χ1v) is 8.25. The predicted octanol–water partition coefficient (Wildman–Crippen LogP) is 2.73. The van der Waals surface area contributed by atoms with E-state index in [0.29, 0.717) is 5.56 Å². The third-order valence-electron chi connectivity index (χ3n) is 4.40. The van der Waals surface area contributed by atoms with Gasteiger partial charge in [0.25, 0.3) is 5.91 Å². The van der Waals surface area contributed by atoms with Gasteiger partial charge in [0.2, 0.25) is 0 Å². The monoisotopic (exact) mass is 332 g/mol. The van der Waals surface area contributed by atoms with Crippen LogP contribution in [0.15, 0.2) is 36.7 Å². The topological polar surface area (TPSA) is 50.2 Å². The van der Waals surface area contributed by atoms with Gasteiger partial charge < -0.3 is 5.32 Å². The van der Waals surface area contributed by atoms with Gasteiger partial charge in [0, 0.05) is 24.3 Å². The quantitative estimate of drug-likeness (QED) is 0.936. The normalized spacial score (nSPS) is 21.5. The molecule has 1 fully saturated rings. The Morgan fingerprint density at radius 2 is 2.13 bits per heavy atom. The molecule has 0 saturated carbocycles. The van der Waals surface area contributed by atoms with E-state index >= 15 is 0 Å². The maximum Gasteiger partial charge on any atom is 0.254 e. The van der Waals surface area contributed by atoms with Crippen molar-refractivity contribution in [3.05, 3.63) is 52.8 Å².